The quantitative estimate of drug-likeness (QED) is 0.508. The summed E-state index contributed by atoms with van der Waals surface area (Å²) in [5, 5.41) is 0. The zero-order valence-electron chi connectivity index (χ0n) is 12.7. The fourth-order valence-electron chi connectivity index (χ4n) is 1.70. The average molecular weight is 279 g/mol. The highest BCUT2D eigenvalue weighted by Crippen LogP contribution is 2.17. The number of aromatic nitrogens is 1. The Hall–Kier alpha value is -1.42. The summed E-state index contributed by atoms with van der Waals surface area (Å²) in [5.74, 6) is -0.360. The number of hydrogen-bond acceptors (Lipinski definition) is 4. The molecule has 1 atom stereocenters. The molecule has 112 valence electrons. The van der Waals surface area contributed by atoms with E-state index in [1.165, 1.54) is 0 Å². The van der Waals surface area contributed by atoms with Crippen LogP contribution in [0.25, 0.3) is 0 Å². The smallest absolute Gasteiger partial charge is 0.356 e. The van der Waals surface area contributed by atoms with Crippen molar-refractivity contribution >= 4 is 5.97 Å². The third-order valence-corrected chi connectivity index (χ3v) is 3.06. The maximum absolute atomic E-state index is 11.8. The van der Waals surface area contributed by atoms with Crippen LogP contribution in [0.15, 0.2) is 18.3 Å². The van der Waals surface area contributed by atoms with Gasteiger partial charge in [0.15, 0.2) is 0 Å². The number of carbonyl (C=O) groups is 1. The van der Waals surface area contributed by atoms with Crippen LogP contribution in [0.3, 0.4) is 0 Å². The van der Waals surface area contributed by atoms with Crippen LogP contribution in [0.1, 0.15) is 68.6 Å². The van der Waals surface area contributed by atoms with E-state index in [9.17, 15) is 4.79 Å². The molecule has 1 aromatic rings. The first kappa shape index (κ1) is 16.6. The highest BCUT2D eigenvalue weighted by atomic mass is 16.5. The molecule has 0 aromatic carbocycles. The number of pyridine rings is 1. The van der Waals surface area contributed by atoms with E-state index < -0.39 is 0 Å². The molecule has 0 N–H and O–H groups in total. The fourth-order valence-corrected chi connectivity index (χ4v) is 1.70. The van der Waals surface area contributed by atoms with Crippen molar-refractivity contribution < 1.29 is 14.3 Å². The average Bonchev–Trinajstić information content (AvgIpc) is 2.47. The van der Waals surface area contributed by atoms with E-state index in [-0.39, 0.29) is 12.1 Å². The highest BCUT2D eigenvalue weighted by Gasteiger charge is 2.12. The summed E-state index contributed by atoms with van der Waals surface area (Å²) < 4.78 is 10.9. The summed E-state index contributed by atoms with van der Waals surface area (Å²) >= 11 is 0. The molecule has 0 amide bonds. The molecular formula is C16H25NO3. The summed E-state index contributed by atoms with van der Waals surface area (Å²) in [7, 11) is 0. The lowest BCUT2D eigenvalue weighted by atomic mass is 10.1. The standard InChI is InChI=1S/C16H25NO3/c1-4-6-10-19-13(3)14-8-9-17-15(12-14)16(18)20-11-7-5-2/h8-9,12-13H,4-7,10-11H2,1-3H3. The van der Waals surface area contributed by atoms with E-state index >= 15 is 0 Å². The molecule has 0 saturated carbocycles. The lowest BCUT2D eigenvalue weighted by molar-refractivity contribution is 0.0490. The molecule has 1 aromatic heterocycles. The molecule has 0 saturated heterocycles. The second-order valence-corrected chi connectivity index (χ2v) is 4.83. The van der Waals surface area contributed by atoms with Crippen LogP contribution in [0, 0.1) is 0 Å². The van der Waals surface area contributed by atoms with Crippen LogP contribution in [-0.4, -0.2) is 24.2 Å². The van der Waals surface area contributed by atoms with E-state index in [1.54, 1.807) is 12.3 Å². The van der Waals surface area contributed by atoms with Crippen LogP contribution in [0.5, 0.6) is 0 Å². The Morgan fingerprint density at radius 1 is 1.25 bits per heavy atom. The number of hydrogen-bond donors (Lipinski definition) is 0. The van der Waals surface area contributed by atoms with Gasteiger partial charge in [-0.05, 0) is 37.5 Å². The molecule has 0 aliphatic heterocycles. The van der Waals surface area contributed by atoms with Crippen LogP contribution in [0.2, 0.25) is 0 Å². The van der Waals surface area contributed by atoms with Crippen molar-refractivity contribution in [3.05, 3.63) is 29.6 Å². The molecule has 4 heteroatoms. The second-order valence-electron chi connectivity index (χ2n) is 4.83. The largest absolute Gasteiger partial charge is 0.461 e. The molecule has 20 heavy (non-hydrogen) atoms. The van der Waals surface area contributed by atoms with Gasteiger partial charge in [0.1, 0.15) is 5.69 Å². The maximum Gasteiger partial charge on any atom is 0.356 e. The molecule has 1 rings (SSSR count). The Labute approximate surface area is 121 Å². The normalized spacial score (nSPS) is 12.2. The second kappa shape index (κ2) is 9.48. The highest BCUT2D eigenvalue weighted by molar-refractivity contribution is 5.87. The minimum atomic E-state index is -0.360. The van der Waals surface area contributed by atoms with Gasteiger partial charge < -0.3 is 9.47 Å². The monoisotopic (exact) mass is 279 g/mol. The van der Waals surface area contributed by atoms with Crippen molar-refractivity contribution in [2.45, 2.75) is 52.6 Å². The van der Waals surface area contributed by atoms with E-state index in [2.05, 4.69) is 18.8 Å². The van der Waals surface area contributed by atoms with E-state index in [4.69, 9.17) is 9.47 Å². The van der Waals surface area contributed by atoms with Gasteiger partial charge in [-0.3, -0.25) is 0 Å². The van der Waals surface area contributed by atoms with E-state index in [1.807, 2.05) is 13.0 Å². The minimum Gasteiger partial charge on any atom is -0.461 e. The molecule has 0 aliphatic rings. The molecule has 4 nitrogen and oxygen atoms in total. The molecule has 0 radical (unpaired) electrons. The van der Waals surface area contributed by atoms with Crippen LogP contribution in [0.4, 0.5) is 0 Å². The zero-order valence-corrected chi connectivity index (χ0v) is 12.7. The van der Waals surface area contributed by atoms with Gasteiger partial charge in [0.2, 0.25) is 0 Å². The van der Waals surface area contributed by atoms with Gasteiger partial charge in [0.25, 0.3) is 0 Å². The molecule has 1 unspecified atom stereocenters. The first-order chi connectivity index (χ1) is 9.69. The number of ether oxygens (including phenoxy) is 2. The van der Waals surface area contributed by atoms with Crippen LogP contribution >= 0.6 is 0 Å². The van der Waals surface area contributed by atoms with Gasteiger partial charge in [0, 0.05) is 12.8 Å². The molecular weight excluding hydrogens is 254 g/mol. The molecule has 0 spiro atoms. The maximum atomic E-state index is 11.8. The van der Waals surface area contributed by atoms with Gasteiger partial charge in [-0.25, -0.2) is 9.78 Å². The van der Waals surface area contributed by atoms with Crippen molar-refractivity contribution in [1.29, 1.82) is 0 Å². The van der Waals surface area contributed by atoms with Gasteiger partial charge in [-0.1, -0.05) is 26.7 Å². The first-order valence-corrected chi connectivity index (χ1v) is 7.43. The molecule has 0 bridgehead atoms. The van der Waals surface area contributed by atoms with Gasteiger partial charge >= 0.3 is 5.97 Å². The van der Waals surface area contributed by atoms with Crippen LogP contribution < -0.4 is 0 Å². The number of rotatable bonds is 9. The van der Waals surface area contributed by atoms with Crippen molar-refractivity contribution in [1.82, 2.24) is 4.98 Å². The Kier molecular flexibility index (Phi) is 7.88. The Morgan fingerprint density at radius 3 is 2.65 bits per heavy atom. The minimum absolute atomic E-state index is 0.0354. The van der Waals surface area contributed by atoms with Crippen molar-refractivity contribution in [3.8, 4) is 0 Å². The summed E-state index contributed by atoms with van der Waals surface area (Å²) in [6, 6.07) is 3.63. The summed E-state index contributed by atoms with van der Waals surface area (Å²) in [5.41, 5.74) is 1.31. The Balaban J connectivity index is 2.58. The van der Waals surface area contributed by atoms with Gasteiger partial charge in [-0.15, -0.1) is 0 Å². The molecule has 0 fully saturated rings. The molecule has 1 heterocycles. The van der Waals surface area contributed by atoms with E-state index in [0.29, 0.717) is 12.3 Å². The first-order valence-electron chi connectivity index (χ1n) is 7.43. The molecule has 0 aliphatic carbocycles. The predicted molar refractivity (Wildman–Crippen MR) is 78.7 cm³/mol. The SMILES string of the molecule is CCCCOC(=O)c1cc(C(C)OCCCC)ccn1. The summed E-state index contributed by atoms with van der Waals surface area (Å²) in [6.07, 6.45) is 5.63. The van der Waals surface area contributed by atoms with E-state index in [0.717, 1.165) is 37.9 Å². The van der Waals surface area contributed by atoms with Gasteiger partial charge in [-0.2, -0.15) is 0 Å². The van der Waals surface area contributed by atoms with Crippen molar-refractivity contribution in [2.75, 3.05) is 13.2 Å². The number of nitrogens with zero attached hydrogens (tertiary/aromatic N) is 1. The van der Waals surface area contributed by atoms with Crippen LogP contribution in [-0.2, 0) is 9.47 Å². The third-order valence-electron chi connectivity index (χ3n) is 3.06. The van der Waals surface area contributed by atoms with Crippen molar-refractivity contribution in [3.63, 3.8) is 0 Å². The Morgan fingerprint density at radius 2 is 1.95 bits per heavy atom. The Bertz CT molecular complexity index is 406. The lowest BCUT2D eigenvalue weighted by Crippen LogP contribution is -2.10. The number of esters is 1. The topological polar surface area (TPSA) is 48.4 Å². The number of carbonyl (C=O) groups excluding carboxylic acids is 1. The lowest BCUT2D eigenvalue weighted by Gasteiger charge is -2.13. The predicted octanol–water partition coefficient (Wildman–Crippen LogP) is 3.92. The summed E-state index contributed by atoms with van der Waals surface area (Å²) in [4.78, 5) is 15.9. The zero-order chi connectivity index (χ0) is 14.8. The van der Waals surface area contributed by atoms with Crippen molar-refractivity contribution in [2.24, 2.45) is 0 Å². The fraction of sp³-hybridized carbons (Fsp3) is 0.625. The third kappa shape index (κ3) is 5.70. The number of unbranched alkanes of at least 4 members (excludes halogenated alkanes) is 2. The summed E-state index contributed by atoms with van der Waals surface area (Å²) in [6.45, 7) is 7.35. The van der Waals surface area contributed by atoms with Gasteiger partial charge in [0.05, 0.1) is 12.7 Å².